The lowest BCUT2D eigenvalue weighted by molar-refractivity contribution is -0.0884. The molecular formula is C18H12F4N2O. The summed E-state index contributed by atoms with van der Waals surface area (Å²) in [6, 6.07) is 13.1. The highest BCUT2D eigenvalue weighted by atomic mass is 19.4. The predicted octanol–water partition coefficient (Wildman–Crippen LogP) is 5.22. The number of halogens is 4. The Labute approximate surface area is 139 Å². The van der Waals surface area contributed by atoms with Crippen molar-refractivity contribution >= 4 is 27.6 Å². The summed E-state index contributed by atoms with van der Waals surface area (Å²) in [5.41, 5.74) is 1.03. The molecule has 128 valence electrons. The Bertz CT molecular complexity index is 1030. The van der Waals surface area contributed by atoms with Gasteiger partial charge in [-0.15, -0.1) is 0 Å². The first-order chi connectivity index (χ1) is 11.9. The Balaban J connectivity index is 0.000000157. The van der Waals surface area contributed by atoms with E-state index in [0.29, 0.717) is 16.3 Å². The molecule has 0 atom stereocenters. The molecule has 0 bridgehead atoms. The molecule has 2 aromatic heterocycles. The van der Waals surface area contributed by atoms with E-state index in [1.807, 2.05) is 6.07 Å². The molecule has 0 amide bonds. The summed E-state index contributed by atoms with van der Waals surface area (Å²) in [6.07, 6.45) is -2.01. The Morgan fingerprint density at radius 1 is 0.840 bits per heavy atom. The molecule has 25 heavy (non-hydrogen) atoms. The third kappa shape index (κ3) is 3.40. The topological polar surface area (TPSA) is 48.6 Å². The number of aromatic amines is 2. The van der Waals surface area contributed by atoms with Crippen molar-refractivity contribution < 1.29 is 22.4 Å². The summed E-state index contributed by atoms with van der Waals surface area (Å²) in [4.78, 5) is 16.5. The molecule has 2 heterocycles. The number of nitrogens with one attached hydrogen (secondary N) is 2. The molecule has 4 rings (SSSR count). The van der Waals surface area contributed by atoms with E-state index in [1.54, 1.807) is 36.5 Å². The highest BCUT2D eigenvalue weighted by molar-refractivity contribution is 6.10. The molecular weight excluding hydrogens is 336 g/mol. The molecule has 3 nitrogen and oxygen atoms in total. The smallest absolute Gasteiger partial charge is 0.361 e. The molecule has 2 N–H and O–H groups in total. The lowest BCUT2D eigenvalue weighted by atomic mass is 10.1. The van der Waals surface area contributed by atoms with E-state index < -0.39 is 12.0 Å². The monoisotopic (exact) mass is 348 g/mol. The van der Waals surface area contributed by atoms with Gasteiger partial charge in [0.1, 0.15) is 5.82 Å². The van der Waals surface area contributed by atoms with Gasteiger partial charge in [-0.25, -0.2) is 4.39 Å². The van der Waals surface area contributed by atoms with Gasteiger partial charge in [-0.1, -0.05) is 24.3 Å². The summed E-state index contributed by atoms with van der Waals surface area (Å²) in [5.74, 6) is -1.99. The minimum Gasteiger partial charge on any atom is -0.361 e. The van der Waals surface area contributed by atoms with Crippen molar-refractivity contribution in [1.82, 2.24) is 9.97 Å². The first kappa shape index (κ1) is 16.8. The van der Waals surface area contributed by atoms with Crippen molar-refractivity contribution in [3.05, 3.63) is 72.3 Å². The lowest BCUT2D eigenvalue weighted by Crippen LogP contribution is -2.22. The molecule has 0 saturated heterocycles. The number of hydrogen-bond acceptors (Lipinski definition) is 1. The second kappa shape index (κ2) is 6.43. The number of hydrogen-bond donors (Lipinski definition) is 2. The molecule has 0 spiro atoms. The molecule has 0 aliphatic heterocycles. The van der Waals surface area contributed by atoms with Crippen LogP contribution in [0.4, 0.5) is 17.6 Å². The maximum Gasteiger partial charge on any atom is 0.454 e. The quantitative estimate of drug-likeness (QED) is 0.360. The van der Waals surface area contributed by atoms with E-state index >= 15 is 0 Å². The average Bonchev–Trinajstić information content (AvgIpc) is 3.21. The number of carbonyl (C=O) groups is 1. The van der Waals surface area contributed by atoms with Gasteiger partial charge >= 0.3 is 6.18 Å². The van der Waals surface area contributed by atoms with Crippen LogP contribution in [-0.4, -0.2) is 21.9 Å². The molecule has 2 aromatic carbocycles. The predicted molar refractivity (Wildman–Crippen MR) is 86.9 cm³/mol. The summed E-state index contributed by atoms with van der Waals surface area (Å²) in [5, 5.41) is 0.947. The molecule has 0 unspecified atom stereocenters. The third-order valence-electron chi connectivity index (χ3n) is 3.63. The number of ketones is 1. The largest absolute Gasteiger partial charge is 0.454 e. The van der Waals surface area contributed by atoms with Crippen LogP contribution in [0.15, 0.2) is 60.9 Å². The van der Waals surface area contributed by atoms with E-state index in [0.717, 1.165) is 11.7 Å². The summed E-state index contributed by atoms with van der Waals surface area (Å²) in [6.45, 7) is 0. The minimum atomic E-state index is -4.83. The van der Waals surface area contributed by atoms with E-state index in [-0.39, 0.29) is 11.4 Å². The maximum atomic E-state index is 12.8. The number of rotatable bonds is 1. The summed E-state index contributed by atoms with van der Waals surface area (Å²) in [7, 11) is 0. The SMILES string of the molecule is Fc1cccc2[nH]ccc12.O=C(c1c[nH]c2ccccc12)C(F)(F)F. The van der Waals surface area contributed by atoms with Crippen molar-refractivity contribution in [3.8, 4) is 0 Å². The van der Waals surface area contributed by atoms with E-state index in [4.69, 9.17) is 0 Å². The van der Waals surface area contributed by atoms with Crippen molar-refractivity contribution in [3.63, 3.8) is 0 Å². The zero-order chi connectivity index (χ0) is 18.0. The van der Waals surface area contributed by atoms with Crippen LogP contribution in [0.2, 0.25) is 0 Å². The Hall–Kier alpha value is -3.09. The minimum absolute atomic E-state index is 0.168. The van der Waals surface area contributed by atoms with Gasteiger partial charge in [0.25, 0.3) is 5.78 Å². The van der Waals surface area contributed by atoms with Crippen LogP contribution in [0.25, 0.3) is 21.8 Å². The van der Waals surface area contributed by atoms with E-state index in [9.17, 15) is 22.4 Å². The fraction of sp³-hybridized carbons (Fsp3) is 0.0556. The second-order valence-corrected chi connectivity index (χ2v) is 5.25. The van der Waals surface area contributed by atoms with E-state index in [2.05, 4.69) is 9.97 Å². The molecule has 0 saturated carbocycles. The van der Waals surface area contributed by atoms with Gasteiger partial charge in [0.2, 0.25) is 0 Å². The van der Waals surface area contributed by atoms with Crippen molar-refractivity contribution in [2.24, 2.45) is 0 Å². The number of fused-ring (bicyclic) bond motifs is 2. The second-order valence-electron chi connectivity index (χ2n) is 5.25. The number of Topliss-reactive ketones (excluding diaryl/α,β-unsaturated/α-hetero) is 1. The third-order valence-corrected chi connectivity index (χ3v) is 3.63. The van der Waals surface area contributed by atoms with Crippen LogP contribution in [-0.2, 0) is 0 Å². The van der Waals surface area contributed by atoms with Gasteiger partial charge in [0.15, 0.2) is 0 Å². The number of para-hydroxylation sites is 1. The van der Waals surface area contributed by atoms with Crippen LogP contribution < -0.4 is 0 Å². The van der Waals surface area contributed by atoms with Crippen molar-refractivity contribution in [2.45, 2.75) is 6.18 Å². The summed E-state index contributed by atoms with van der Waals surface area (Å²) >= 11 is 0. The number of aromatic nitrogens is 2. The molecule has 0 radical (unpaired) electrons. The summed E-state index contributed by atoms with van der Waals surface area (Å²) < 4.78 is 49.3. The van der Waals surface area contributed by atoms with Crippen LogP contribution in [0.3, 0.4) is 0 Å². The molecule has 4 aromatic rings. The van der Waals surface area contributed by atoms with Crippen molar-refractivity contribution in [1.29, 1.82) is 0 Å². The fourth-order valence-electron chi connectivity index (χ4n) is 2.46. The normalized spacial score (nSPS) is 11.4. The fourth-order valence-corrected chi connectivity index (χ4v) is 2.46. The van der Waals surface area contributed by atoms with Crippen LogP contribution in [0.5, 0.6) is 0 Å². The molecule has 0 fully saturated rings. The molecule has 7 heteroatoms. The first-order valence-electron chi connectivity index (χ1n) is 7.27. The molecule has 0 aliphatic carbocycles. The van der Waals surface area contributed by atoms with Crippen molar-refractivity contribution in [2.75, 3.05) is 0 Å². The number of benzene rings is 2. The average molecular weight is 348 g/mol. The highest BCUT2D eigenvalue weighted by Crippen LogP contribution is 2.26. The zero-order valence-corrected chi connectivity index (χ0v) is 12.7. The van der Waals surface area contributed by atoms with Gasteiger partial charge < -0.3 is 9.97 Å². The maximum absolute atomic E-state index is 12.8. The molecule has 0 aliphatic rings. The lowest BCUT2D eigenvalue weighted by Gasteiger charge is -2.02. The number of H-pyrrole nitrogens is 2. The van der Waals surface area contributed by atoms with Gasteiger partial charge in [0, 0.05) is 34.2 Å². The van der Waals surface area contributed by atoms with Crippen LogP contribution >= 0.6 is 0 Å². The Morgan fingerprint density at radius 2 is 1.52 bits per heavy atom. The number of alkyl halides is 3. The number of carbonyl (C=O) groups excluding carboxylic acids is 1. The Morgan fingerprint density at radius 3 is 2.24 bits per heavy atom. The van der Waals surface area contributed by atoms with Crippen LogP contribution in [0.1, 0.15) is 10.4 Å². The van der Waals surface area contributed by atoms with Gasteiger partial charge in [-0.3, -0.25) is 4.79 Å². The van der Waals surface area contributed by atoms with Gasteiger partial charge in [0.05, 0.1) is 5.56 Å². The first-order valence-corrected chi connectivity index (χ1v) is 7.27. The zero-order valence-electron chi connectivity index (χ0n) is 12.7. The Kier molecular flexibility index (Phi) is 4.31. The van der Waals surface area contributed by atoms with Crippen LogP contribution in [0, 0.1) is 5.82 Å². The highest BCUT2D eigenvalue weighted by Gasteiger charge is 2.40. The van der Waals surface area contributed by atoms with E-state index in [1.165, 1.54) is 12.1 Å². The standard InChI is InChI=1S/C10H6F3NO.C8H6FN/c11-10(12,13)9(15)7-5-14-8-4-2-1-3-6(7)8;9-7-2-1-3-8-6(7)4-5-10-8/h1-5,14H;1-5,10H. The van der Waals surface area contributed by atoms with Gasteiger partial charge in [-0.05, 0) is 24.3 Å². The van der Waals surface area contributed by atoms with Gasteiger partial charge in [-0.2, -0.15) is 13.2 Å².